The summed E-state index contributed by atoms with van der Waals surface area (Å²) in [6, 6.07) is 7.89. The van der Waals surface area contributed by atoms with Crippen LogP contribution in [0.3, 0.4) is 0 Å². The topological polar surface area (TPSA) is 52.6 Å². The monoisotopic (exact) mass is 278 g/mol. The summed E-state index contributed by atoms with van der Waals surface area (Å²) in [5.74, 6) is -2.06. The van der Waals surface area contributed by atoms with E-state index in [1.54, 1.807) is 0 Å². The van der Waals surface area contributed by atoms with Gasteiger partial charge in [-0.15, -0.1) is 0 Å². The highest BCUT2D eigenvalue weighted by molar-refractivity contribution is 5.95. The second-order valence-electron chi connectivity index (χ2n) is 5.75. The first kappa shape index (κ1) is 16.2. The van der Waals surface area contributed by atoms with Gasteiger partial charge in [-0.05, 0) is 23.0 Å². The van der Waals surface area contributed by atoms with E-state index in [-0.39, 0.29) is 11.8 Å². The first-order valence-electron chi connectivity index (χ1n) is 6.54. The molecule has 110 valence electrons. The van der Waals surface area contributed by atoms with E-state index in [1.165, 1.54) is 19.8 Å². The average molecular weight is 278 g/mol. The minimum absolute atomic E-state index is 0.0721. The van der Waals surface area contributed by atoms with Crippen LogP contribution in [0.1, 0.15) is 31.9 Å². The molecule has 1 aromatic carbocycles. The molecule has 4 nitrogen and oxygen atoms in total. The van der Waals surface area contributed by atoms with E-state index in [4.69, 9.17) is 0 Å². The van der Waals surface area contributed by atoms with Gasteiger partial charge >= 0.3 is 11.9 Å². The molecule has 0 N–H and O–H groups in total. The van der Waals surface area contributed by atoms with Gasteiger partial charge in [0.25, 0.3) is 0 Å². The molecule has 0 unspecified atom stereocenters. The number of methoxy groups -OCH3 is 2. The molecule has 0 aromatic heterocycles. The van der Waals surface area contributed by atoms with Gasteiger partial charge in [0.1, 0.15) is 0 Å². The third-order valence-corrected chi connectivity index (χ3v) is 3.23. The summed E-state index contributed by atoms with van der Waals surface area (Å²) in [5.41, 5.74) is 2.18. The summed E-state index contributed by atoms with van der Waals surface area (Å²) in [6.07, 6.45) is 0.282. The molecule has 0 aliphatic heterocycles. The lowest BCUT2D eigenvalue weighted by Crippen LogP contribution is -2.28. The van der Waals surface area contributed by atoms with Gasteiger partial charge in [0, 0.05) is 0 Å². The zero-order valence-corrected chi connectivity index (χ0v) is 12.7. The molecule has 0 aliphatic carbocycles. The molecule has 0 bridgehead atoms. The summed E-state index contributed by atoms with van der Waals surface area (Å²) >= 11 is 0. The van der Waals surface area contributed by atoms with E-state index in [1.807, 2.05) is 24.3 Å². The highest BCUT2D eigenvalue weighted by Crippen LogP contribution is 2.23. The van der Waals surface area contributed by atoms with Crippen molar-refractivity contribution in [3.8, 4) is 0 Å². The molecular weight excluding hydrogens is 256 g/mol. The van der Waals surface area contributed by atoms with E-state index in [2.05, 4.69) is 30.2 Å². The zero-order valence-electron chi connectivity index (χ0n) is 12.7. The molecule has 0 saturated carbocycles. The van der Waals surface area contributed by atoms with Gasteiger partial charge in [-0.1, -0.05) is 45.0 Å². The highest BCUT2D eigenvalue weighted by Gasteiger charge is 2.28. The second kappa shape index (κ2) is 6.55. The third-order valence-electron chi connectivity index (χ3n) is 3.23. The van der Waals surface area contributed by atoms with Crippen LogP contribution in [0, 0.1) is 5.92 Å². The molecule has 1 aromatic rings. The summed E-state index contributed by atoms with van der Waals surface area (Å²) in [5, 5.41) is 0. The van der Waals surface area contributed by atoms with Crippen LogP contribution >= 0.6 is 0 Å². The third kappa shape index (κ3) is 4.08. The Morgan fingerprint density at radius 1 is 1.00 bits per heavy atom. The number of benzene rings is 1. The van der Waals surface area contributed by atoms with E-state index in [0.717, 1.165) is 5.56 Å². The molecule has 1 rings (SSSR count). The standard InChI is InChI=1S/C16H22O4/c1-16(2,3)12-8-6-11(7-9-12)10-13(14(17)19-4)15(18)20-5/h6-9,13H,10H2,1-5H3. The molecule has 0 atom stereocenters. The van der Waals surface area contributed by atoms with Gasteiger partial charge in [-0.2, -0.15) is 0 Å². The van der Waals surface area contributed by atoms with Crippen LogP contribution < -0.4 is 0 Å². The van der Waals surface area contributed by atoms with Crippen molar-refractivity contribution in [2.75, 3.05) is 14.2 Å². The molecule has 0 saturated heterocycles. The van der Waals surface area contributed by atoms with Crippen LogP contribution in [-0.2, 0) is 30.9 Å². The van der Waals surface area contributed by atoms with Crippen molar-refractivity contribution in [2.24, 2.45) is 5.92 Å². The van der Waals surface area contributed by atoms with Crippen LogP contribution in [-0.4, -0.2) is 26.2 Å². The molecule has 20 heavy (non-hydrogen) atoms. The van der Waals surface area contributed by atoms with Crippen molar-refractivity contribution in [3.05, 3.63) is 35.4 Å². The molecule has 0 spiro atoms. The van der Waals surface area contributed by atoms with E-state index in [9.17, 15) is 9.59 Å². The lowest BCUT2D eigenvalue weighted by atomic mass is 9.86. The Morgan fingerprint density at radius 2 is 1.45 bits per heavy atom. The molecule has 0 fully saturated rings. The number of hydrogen-bond acceptors (Lipinski definition) is 4. The van der Waals surface area contributed by atoms with Crippen molar-refractivity contribution in [2.45, 2.75) is 32.6 Å². The van der Waals surface area contributed by atoms with E-state index in [0.29, 0.717) is 0 Å². The van der Waals surface area contributed by atoms with Crippen LogP contribution in [0.5, 0.6) is 0 Å². The van der Waals surface area contributed by atoms with Gasteiger partial charge in [-0.25, -0.2) is 0 Å². The molecule has 0 aliphatic rings. The van der Waals surface area contributed by atoms with Crippen molar-refractivity contribution in [1.82, 2.24) is 0 Å². The predicted molar refractivity (Wildman–Crippen MR) is 76.4 cm³/mol. The first-order valence-corrected chi connectivity index (χ1v) is 6.54. The van der Waals surface area contributed by atoms with Crippen molar-refractivity contribution in [1.29, 1.82) is 0 Å². The van der Waals surface area contributed by atoms with E-state index >= 15 is 0 Å². The lowest BCUT2D eigenvalue weighted by Gasteiger charge is -2.19. The number of ether oxygens (including phenoxy) is 2. The minimum atomic E-state index is -0.912. The van der Waals surface area contributed by atoms with Crippen molar-refractivity contribution in [3.63, 3.8) is 0 Å². The maximum absolute atomic E-state index is 11.6. The van der Waals surface area contributed by atoms with Crippen molar-refractivity contribution < 1.29 is 19.1 Å². The Hall–Kier alpha value is -1.84. The van der Waals surface area contributed by atoms with Gasteiger partial charge in [-0.3, -0.25) is 9.59 Å². The molecule has 0 amide bonds. The number of rotatable bonds is 4. The minimum Gasteiger partial charge on any atom is -0.468 e. The van der Waals surface area contributed by atoms with Crippen LogP contribution in [0.2, 0.25) is 0 Å². The Bertz CT molecular complexity index is 452. The summed E-state index contributed by atoms with van der Waals surface area (Å²) in [6.45, 7) is 6.40. The zero-order chi connectivity index (χ0) is 15.3. The normalized spacial score (nSPS) is 11.3. The SMILES string of the molecule is COC(=O)C(Cc1ccc(C(C)(C)C)cc1)C(=O)OC. The molecular formula is C16H22O4. The van der Waals surface area contributed by atoms with Gasteiger partial charge in [0.05, 0.1) is 14.2 Å². The fourth-order valence-corrected chi connectivity index (χ4v) is 1.92. The fraction of sp³-hybridized carbons (Fsp3) is 0.500. The largest absolute Gasteiger partial charge is 0.468 e. The number of hydrogen-bond donors (Lipinski definition) is 0. The maximum atomic E-state index is 11.6. The smallest absolute Gasteiger partial charge is 0.320 e. The molecule has 4 heteroatoms. The van der Waals surface area contributed by atoms with Crippen molar-refractivity contribution >= 4 is 11.9 Å². The maximum Gasteiger partial charge on any atom is 0.320 e. The quantitative estimate of drug-likeness (QED) is 0.627. The first-order chi connectivity index (χ1) is 9.29. The predicted octanol–water partition coefficient (Wildman–Crippen LogP) is 2.49. The summed E-state index contributed by atoms with van der Waals surface area (Å²) in [4.78, 5) is 23.2. The molecule has 0 radical (unpaired) electrons. The average Bonchev–Trinajstić information content (AvgIpc) is 2.42. The Balaban J connectivity index is 2.89. The van der Waals surface area contributed by atoms with E-state index < -0.39 is 17.9 Å². The number of esters is 2. The summed E-state index contributed by atoms with van der Waals surface area (Å²) in [7, 11) is 2.53. The van der Waals surface area contributed by atoms with Crippen LogP contribution in [0.15, 0.2) is 24.3 Å². The second-order valence-corrected chi connectivity index (χ2v) is 5.75. The Kier molecular flexibility index (Phi) is 5.31. The fourth-order valence-electron chi connectivity index (χ4n) is 1.92. The van der Waals surface area contributed by atoms with Gasteiger partial charge in [0.15, 0.2) is 5.92 Å². The number of carbonyl (C=O) groups is 2. The number of carbonyl (C=O) groups excluding carboxylic acids is 2. The molecule has 0 heterocycles. The van der Waals surface area contributed by atoms with Gasteiger partial charge < -0.3 is 9.47 Å². The summed E-state index contributed by atoms with van der Waals surface area (Å²) < 4.78 is 9.29. The Labute approximate surface area is 120 Å². The van der Waals surface area contributed by atoms with Crippen LogP contribution in [0.25, 0.3) is 0 Å². The highest BCUT2D eigenvalue weighted by atomic mass is 16.5. The van der Waals surface area contributed by atoms with Gasteiger partial charge in [0.2, 0.25) is 0 Å². The lowest BCUT2D eigenvalue weighted by molar-refractivity contribution is -0.158. The Morgan fingerprint density at radius 3 is 1.80 bits per heavy atom. The van der Waals surface area contributed by atoms with Crippen LogP contribution in [0.4, 0.5) is 0 Å².